The fraction of sp³-hybridized carbons (Fsp3) is 0.235. The van der Waals surface area contributed by atoms with Crippen molar-refractivity contribution in [1.82, 2.24) is 4.90 Å². The van der Waals surface area contributed by atoms with Crippen LogP contribution >= 0.6 is 12.2 Å². The minimum Gasteiger partial charge on any atom is -0.366 e. The standard InChI is InChI=1S/C17H17FN4O2S/c18-15-6-1-2-7-16(15)20-8-10-21(11-9-20)17(25)19-13-4-3-5-14(12-13)22(23)24/h1-7,12H,8-11H2,(H,19,25). The van der Waals surface area contributed by atoms with Gasteiger partial charge in [-0.1, -0.05) is 18.2 Å². The van der Waals surface area contributed by atoms with E-state index in [1.54, 1.807) is 24.3 Å². The number of nitro groups is 1. The summed E-state index contributed by atoms with van der Waals surface area (Å²) in [6, 6.07) is 12.9. The molecule has 130 valence electrons. The highest BCUT2D eigenvalue weighted by Crippen LogP contribution is 2.21. The lowest BCUT2D eigenvalue weighted by atomic mass is 10.2. The summed E-state index contributed by atoms with van der Waals surface area (Å²) in [5.74, 6) is -0.228. The predicted molar refractivity (Wildman–Crippen MR) is 99.5 cm³/mol. The average Bonchev–Trinajstić information content (AvgIpc) is 2.62. The van der Waals surface area contributed by atoms with Crippen LogP contribution in [0.5, 0.6) is 0 Å². The molecule has 1 aliphatic rings. The zero-order valence-corrected chi connectivity index (χ0v) is 14.2. The number of para-hydroxylation sites is 1. The largest absolute Gasteiger partial charge is 0.366 e. The second-order valence-corrected chi connectivity index (χ2v) is 6.05. The normalized spacial score (nSPS) is 14.3. The summed E-state index contributed by atoms with van der Waals surface area (Å²) >= 11 is 5.40. The highest BCUT2D eigenvalue weighted by Gasteiger charge is 2.21. The van der Waals surface area contributed by atoms with Gasteiger partial charge in [-0.2, -0.15) is 0 Å². The average molecular weight is 360 g/mol. The number of piperazine rings is 1. The number of benzene rings is 2. The summed E-state index contributed by atoms with van der Waals surface area (Å²) in [6.07, 6.45) is 0. The SMILES string of the molecule is O=[N+]([O-])c1cccc(NC(=S)N2CCN(c3ccccc3F)CC2)c1. The number of hydrogen-bond acceptors (Lipinski definition) is 4. The van der Waals surface area contributed by atoms with Crippen LogP contribution in [0.2, 0.25) is 0 Å². The minimum atomic E-state index is -0.443. The summed E-state index contributed by atoms with van der Waals surface area (Å²) in [4.78, 5) is 14.4. The Labute approximate surface area is 150 Å². The summed E-state index contributed by atoms with van der Waals surface area (Å²) in [5.41, 5.74) is 1.19. The molecule has 0 spiro atoms. The van der Waals surface area contributed by atoms with Crippen LogP contribution in [0.1, 0.15) is 0 Å². The van der Waals surface area contributed by atoms with Gasteiger partial charge in [-0.3, -0.25) is 10.1 Å². The Balaban J connectivity index is 1.59. The van der Waals surface area contributed by atoms with Crippen molar-refractivity contribution in [3.8, 4) is 0 Å². The van der Waals surface area contributed by atoms with E-state index in [0.717, 1.165) is 0 Å². The topological polar surface area (TPSA) is 61.7 Å². The smallest absolute Gasteiger partial charge is 0.271 e. The van der Waals surface area contributed by atoms with E-state index in [1.807, 2.05) is 15.9 Å². The first-order valence-corrected chi connectivity index (χ1v) is 8.25. The summed E-state index contributed by atoms with van der Waals surface area (Å²) in [5, 5.41) is 14.4. The van der Waals surface area contributed by atoms with Gasteiger partial charge in [0.15, 0.2) is 5.11 Å². The minimum absolute atomic E-state index is 0.0113. The van der Waals surface area contributed by atoms with Crippen LogP contribution < -0.4 is 10.2 Å². The molecule has 0 saturated carbocycles. The Morgan fingerprint density at radius 2 is 1.84 bits per heavy atom. The predicted octanol–water partition coefficient (Wildman–Crippen LogP) is 3.25. The zero-order valence-electron chi connectivity index (χ0n) is 13.4. The Morgan fingerprint density at radius 1 is 1.12 bits per heavy atom. The first-order chi connectivity index (χ1) is 12.0. The van der Waals surface area contributed by atoms with Gasteiger partial charge in [0.2, 0.25) is 0 Å². The molecule has 2 aromatic carbocycles. The van der Waals surface area contributed by atoms with Crippen molar-refractivity contribution in [2.24, 2.45) is 0 Å². The number of nitrogens with one attached hydrogen (secondary N) is 1. The molecule has 0 aromatic heterocycles. The quantitative estimate of drug-likeness (QED) is 0.515. The van der Waals surface area contributed by atoms with E-state index in [2.05, 4.69) is 5.32 Å². The lowest BCUT2D eigenvalue weighted by Crippen LogP contribution is -2.50. The first kappa shape index (κ1) is 17.1. The lowest BCUT2D eigenvalue weighted by molar-refractivity contribution is -0.384. The monoisotopic (exact) mass is 360 g/mol. The molecule has 2 aromatic rings. The van der Waals surface area contributed by atoms with Crippen molar-refractivity contribution >= 4 is 34.4 Å². The van der Waals surface area contributed by atoms with Crippen molar-refractivity contribution in [3.05, 3.63) is 64.5 Å². The maximum absolute atomic E-state index is 13.9. The first-order valence-electron chi connectivity index (χ1n) is 7.84. The highest BCUT2D eigenvalue weighted by atomic mass is 32.1. The molecule has 1 aliphatic heterocycles. The van der Waals surface area contributed by atoms with Crippen LogP contribution in [0.3, 0.4) is 0 Å². The third-order valence-corrected chi connectivity index (χ3v) is 4.43. The van der Waals surface area contributed by atoms with Crippen molar-refractivity contribution < 1.29 is 9.31 Å². The molecule has 6 nitrogen and oxygen atoms in total. The fourth-order valence-electron chi connectivity index (χ4n) is 2.76. The molecule has 0 bridgehead atoms. The molecule has 1 N–H and O–H groups in total. The number of rotatable bonds is 3. The second kappa shape index (κ2) is 7.43. The molecular formula is C17H17FN4O2S. The molecule has 0 amide bonds. The Kier molecular flexibility index (Phi) is 5.08. The van der Waals surface area contributed by atoms with Gasteiger partial charge in [-0.05, 0) is 30.4 Å². The molecule has 25 heavy (non-hydrogen) atoms. The highest BCUT2D eigenvalue weighted by molar-refractivity contribution is 7.80. The second-order valence-electron chi connectivity index (χ2n) is 5.66. The van der Waals surface area contributed by atoms with Crippen molar-refractivity contribution in [3.63, 3.8) is 0 Å². The van der Waals surface area contributed by atoms with E-state index in [1.165, 1.54) is 18.2 Å². The van der Waals surface area contributed by atoms with Crippen molar-refractivity contribution in [2.45, 2.75) is 0 Å². The van der Waals surface area contributed by atoms with Crippen LogP contribution in [0.15, 0.2) is 48.5 Å². The molecular weight excluding hydrogens is 343 g/mol. The maximum Gasteiger partial charge on any atom is 0.271 e. The Hall–Kier alpha value is -2.74. The summed E-state index contributed by atoms with van der Waals surface area (Å²) < 4.78 is 13.9. The van der Waals surface area contributed by atoms with E-state index in [4.69, 9.17) is 12.2 Å². The molecule has 0 unspecified atom stereocenters. The van der Waals surface area contributed by atoms with Gasteiger partial charge in [0.25, 0.3) is 5.69 Å². The summed E-state index contributed by atoms with van der Waals surface area (Å²) in [6.45, 7) is 2.60. The third kappa shape index (κ3) is 4.03. The van der Waals surface area contributed by atoms with E-state index >= 15 is 0 Å². The van der Waals surface area contributed by atoms with Crippen LogP contribution in [0.4, 0.5) is 21.5 Å². The van der Waals surface area contributed by atoms with Crippen molar-refractivity contribution in [1.29, 1.82) is 0 Å². The third-order valence-electron chi connectivity index (χ3n) is 4.07. The van der Waals surface area contributed by atoms with Crippen LogP contribution in [-0.2, 0) is 0 Å². The molecule has 3 rings (SSSR count). The van der Waals surface area contributed by atoms with E-state index in [0.29, 0.717) is 42.7 Å². The number of halogens is 1. The van der Waals surface area contributed by atoms with Crippen molar-refractivity contribution in [2.75, 3.05) is 36.4 Å². The van der Waals surface area contributed by atoms with Gasteiger partial charge in [-0.25, -0.2) is 4.39 Å². The Morgan fingerprint density at radius 3 is 2.52 bits per heavy atom. The van der Waals surface area contributed by atoms with Gasteiger partial charge in [-0.15, -0.1) is 0 Å². The molecule has 0 atom stereocenters. The lowest BCUT2D eigenvalue weighted by Gasteiger charge is -2.37. The van der Waals surface area contributed by atoms with Crippen LogP contribution in [-0.4, -0.2) is 41.1 Å². The number of thiocarbonyl (C=S) groups is 1. The molecule has 0 aliphatic carbocycles. The van der Waals surface area contributed by atoms with Gasteiger partial charge in [0.05, 0.1) is 10.6 Å². The number of nitrogens with zero attached hydrogens (tertiary/aromatic N) is 3. The number of anilines is 2. The zero-order chi connectivity index (χ0) is 17.8. The van der Waals surface area contributed by atoms with E-state index in [9.17, 15) is 14.5 Å². The molecule has 1 saturated heterocycles. The molecule has 1 heterocycles. The van der Waals surface area contributed by atoms with Crippen LogP contribution in [0, 0.1) is 15.9 Å². The summed E-state index contributed by atoms with van der Waals surface area (Å²) in [7, 11) is 0. The number of nitro benzene ring substituents is 1. The fourth-order valence-corrected chi connectivity index (χ4v) is 3.06. The molecule has 1 fully saturated rings. The van der Waals surface area contributed by atoms with E-state index < -0.39 is 4.92 Å². The van der Waals surface area contributed by atoms with Gasteiger partial charge in [0.1, 0.15) is 5.82 Å². The van der Waals surface area contributed by atoms with Gasteiger partial charge >= 0.3 is 0 Å². The van der Waals surface area contributed by atoms with Crippen LogP contribution in [0.25, 0.3) is 0 Å². The van der Waals surface area contributed by atoms with E-state index in [-0.39, 0.29) is 11.5 Å². The van der Waals surface area contributed by atoms with Gasteiger partial charge < -0.3 is 15.1 Å². The maximum atomic E-state index is 13.9. The number of hydrogen-bond donors (Lipinski definition) is 1. The molecule has 8 heteroatoms. The van der Waals surface area contributed by atoms with Gasteiger partial charge in [0, 0.05) is 44.0 Å². The number of non-ortho nitro benzene ring substituents is 1. The molecule has 0 radical (unpaired) electrons. The Bertz CT molecular complexity index is 794.